The molecule has 0 bridgehead atoms. The molecule has 2 aromatic rings. The first-order valence-electron chi connectivity index (χ1n) is 6.98. The molecule has 3 nitrogen and oxygen atoms in total. The lowest BCUT2D eigenvalue weighted by Gasteiger charge is -2.34. The van der Waals surface area contributed by atoms with E-state index in [2.05, 4.69) is 9.88 Å². The van der Waals surface area contributed by atoms with E-state index in [9.17, 15) is 5.11 Å². The minimum absolute atomic E-state index is 0.175. The molecule has 21 heavy (non-hydrogen) atoms. The smallest absolute Gasteiger partial charge is 0.134 e. The summed E-state index contributed by atoms with van der Waals surface area (Å²) in [5, 5.41) is 10.8. The number of nitrogens with zero attached hydrogens (tertiary/aromatic N) is 2. The van der Waals surface area contributed by atoms with E-state index >= 15 is 0 Å². The first-order chi connectivity index (χ1) is 10.1. The lowest BCUT2D eigenvalue weighted by Crippen LogP contribution is -2.32. The van der Waals surface area contributed by atoms with Gasteiger partial charge in [0.15, 0.2) is 0 Å². The van der Waals surface area contributed by atoms with Gasteiger partial charge in [-0.2, -0.15) is 0 Å². The molecule has 1 aromatic heterocycles. The molecule has 0 amide bonds. The topological polar surface area (TPSA) is 36.4 Å². The molecule has 2 heterocycles. The Bertz CT molecular complexity index is 623. The van der Waals surface area contributed by atoms with Crippen LogP contribution < -0.4 is 4.90 Å². The Morgan fingerprint density at radius 3 is 2.43 bits per heavy atom. The highest BCUT2D eigenvalue weighted by atomic mass is 35.5. The molecule has 3 rings (SSSR count). The van der Waals surface area contributed by atoms with Crippen molar-refractivity contribution >= 4 is 28.9 Å². The van der Waals surface area contributed by atoms with Gasteiger partial charge in [-0.25, -0.2) is 4.98 Å². The number of hydrogen-bond acceptors (Lipinski definition) is 3. The van der Waals surface area contributed by atoms with Gasteiger partial charge in [-0.3, -0.25) is 0 Å². The van der Waals surface area contributed by atoms with Crippen molar-refractivity contribution in [3.05, 3.63) is 52.3 Å². The fourth-order valence-corrected chi connectivity index (χ4v) is 3.22. The van der Waals surface area contributed by atoms with Crippen molar-refractivity contribution in [3.63, 3.8) is 0 Å². The molecule has 1 N–H and O–H groups in total. The van der Waals surface area contributed by atoms with Crippen LogP contribution in [-0.2, 0) is 0 Å². The van der Waals surface area contributed by atoms with Gasteiger partial charge in [-0.05, 0) is 54.7 Å². The van der Waals surface area contributed by atoms with Crippen molar-refractivity contribution in [1.29, 1.82) is 0 Å². The van der Waals surface area contributed by atoms with Crippen molar-refractivity contribution in [1.82, 2.24) is 4.98 Å². The third kappa shape index (κ3) is 3.25. The quantitative estimate of drug-likeness (QED) is 0.828. The summed E-state index contributed by atoms with van der Waals surface area (Å²) in [5.74, 6) is 0.523. The Hall–Kier alpha value is -1.45. The molecule has 0 unspecified atom stereocenters. The van der Waals surface area contributed by atoms with E-state index in [1.165, 1.54) is 11.9 Å². The van der Waals surface area contributed by atoms with Gasteiger partial charge in [-0.1, -0.05) is 23.2 Å². The van der Waals surface area contributed by atoms with Gasteiger partial charge in [0.05, 0.1) is 6.20 Å². The van der Waals surface area contributed by atoms with E-state index in [0.29, 0.717) is 11.1 Å². The molecule has 1 saturated heterocycles. The van der Waals surface area contributed by atoms with E-state index < -0.39 is 0 Å². The average Bonchev–Trinajstić information content (AvgIpc) is 2.51. The molecule has 1 aliphatic heterocycles. The third-order valence-electron chi connectivity index (χ3n) is 3.98. The van der Waals surface area contributed by atoms with Crippen LogP contribution in [0.25, 0.3) is 0 Å². The van der Waals surface area contributed by atoms with Crippen LogP contribution in [0.2, 0.25) is 10.2 Å². The Labute approximate surface area is 134 Å². The van der Waals surface area contributed by atoms with Crippen molar-refractivity contribution in [2.75, 3.05) is 18.0 Å². The highest BCUT2D eigenvalue weighted by molar-refractivity contribution is 6.30. The largest absolute Gasteiger partial charge is 0.506 e. The molecule has 1 aliphatic rings. The van der Waals surface area contributed by atoms with Gasteiger partial charge >= 0.3 is 0 Å². The van der Waals surface area contributed by atoms with Crippen LogP contribution in [0.5, 0.6) is 5.75 Å². The predicted octanol–water partition coefficient (Wildman–Crippen LogP) is 4.48. The van der Waals surface area contributed by atoms with Crippen molar-refractivity contribution in [2.45, 2.75) is 18.8 Å². The number of pyridine rings is 1. The number of piperidine rings is 1. The summed E-state index contributed by atoms with van der Waals surface area (Å²) in [6.45, 7) is 1.91. The molecule has 0 aliphatic carbocycles. The van der Waals surface area contributed by atoms with Crippen LogP contribution in [0.4, 0.5) is 5.69 Å². The summed E-state index contributed by atoms with van der Waals surface area (Å²) >= 11 is 12.1. The van der Waals surface area contributed by atoms with Gasteiger partial charge in [0, 0.05) is 23.8 Å². The molecule has 0 radical (unpaired) electrons. The maximum atomic E-state index is 9.58. The van der Waals surface area contributed by atoms with E-state index in [1.807, 2.05) is 24.3 Å². The Balaban J connectivity index is 1.70. The lowest BCUT2D eigenvalue weighted by atomic mass is 9.90. The number of anilines is 1. The Morgan fingerprint density at radius 1 is 1.10 bits per heavy atom. The molecule has 0 spiro atoms. The zero-order chi connectivity index (χ0) is 14.8. The van der Waals surface area contributed by atoms with Crippen LogP contribution in [0, 0.1) is 0 Å². The monoisotopic (exact) mass is 322 g/mol. The van der Waals surface area contributed by atoms with Crippen molar-refractivity contribution < 1.29 is 5.11 Å². The first kappa shape index (κ1) is 14.5. The van der Waals surface area contributed by atoms with Gasteiger partial charge < -0.3 is 10.0 Å². The van der Waals surface area contributed by atoms with E-state index in [1.54, 1.807) is 6.07 Å². The second kappa shape index (κ2) is 6.12. The molecule has 0 atom stereocenters. The van der Waals surface area contributed by atoms with Crippen molar-refractivity contribution in [2.24, 2.45) is 0 Å². The van der Waals surface area contributed by atoms with E-state index in [4.69, 9.17) is 23.2 Å². The highest BCUT2D eigenvalue weighted by Crippen LogP contribution is 2.35. The fourth-order valence-electron chi connectivity index (χ4n) is 2.84. The Kier molecular flexibility index (Phi) is 4.22. The SMILES string of the molecule is Oc1cnc(Cl)c(C2CCN(c3ccc(Cl)cc3)CC2)c1. The fraction of sp³-hybridized carbons (Fsp3) is 0.312. The van der Waals surface area contributed by atoms with Crippen LogP contribution in [0.15, 0.2) is 36.5 Å². The molecule has 1 fully saturated rings. The molecular formula is C16H16Cl2N2O. The maximum absolute atomic E-state index is 9.58. The Morgan fingerprint density at radius 2 is 1.76 bits per heavy atom. The minimum Gasteiger partial charge on any atom is -0.506 e. The minimum atomic E-state index is 0.175. The second-order valence-corrected chi connectivity index (χ2v) is 6.11. The summed E-state index contributed by atoms with van der Waals surface area (Å²) in [4.78, 5) is 6.37. The summed E-state index contributed by atoms with van der Waals surface area (Å²) in [6, 6.07) is 9.66. The highest BCUT2D eigenvalue weighted by Gasteiger charge is 2.23. The molecule has 0 saturated carbocycles. The summed E-state index contributed by atoms with van der Waals surface area (Å²) in [7, 11) is 0. The number of rotatable bonds is 2. The number of aromatic hydroxyl groups is 1. The summed E-state index contributed by atoms with van der Waals surface area (Å²) < 4.78 is 0. The molecular weight excluding hydrogens is 307 g/mol. The first-order valence-corrected chi connectivity index (χ1v) is 7.74. The van der Waals surface area contributed by atoms with Gasteiger partial charge in [0.1, 0.15) is 10.9 Å². The number of halogens is 2. The van der Waals surface area contributed by atoms with Gasteiger partial charge in [-0.15, -0.1) is 0 Å². The summed E-state index contributed by atoms with van der Waals surface area (Å²) in [6.07, 6.45) is 3.37. The lowest BCUT2D eigenvalue weighted by molar-refractivity contribution is 0.465. The van der Waals surface area contributed by atoms with E-state index in [0.717, 1.165) is 36.5 Å². The maximum Gasteiger partial charge on any atom is 0.134 e. The number of hydrogen-bond donors (Lipinski definition) is 1. The predicted molar refractivity (Wildman–Crippen MR) is 86.6 cm³/mol. The third-order valence-corrected chi connectivity index (χ3v) is 4.55. The van der Waals surface area contributed by atoms with Crippen LogP contribution in [-0.4, -0.2) is 23.2 Å². The second-order valence-electron chi connectivity index (χ2n) is 5.31. The standard InChI is InChI=1S/C16H16Cl2N2O/c17-12-1-3-13(4-2-12)20-7-5-11(6-8-20)15-9-14(21)10-19-16(15)18/h1-4,9-11,21H,5-8H2. The summed E-state index contributed by atoms with van der Waals surface area (Å²) in [5.41, 5.74) is 2.14. The normalized spacial score (nSPS) is 16.2. The number of benzene rings is 1. The zero-order valence-corrected chi connectivity index (χ0v) is 13.0. The van der Waals surface area contributed by atoms with Crippen LogP contribution >= 0.6 is 23.2 Å². The van der Waals surface area contributed by atoms with Crippen LogP contribution in [0.3, 0.4) is 0 Å². The average molecular weight is 323 g/mol. The molecule has 1 aromatic carbocycles. The van der Waals surface area contributed by atoms with Crippen molar-refractivity contribution in [3.8, 4) is 5.75 Å². The zero-order valence-electron chi connectivity index (χ0n) is 11.5. The van der Waals surface area contributed by atoms with E-state index in [-0.39, 0.29) is 5.75 Å². The van der Waals surface area contributed by atoms with Gasteiger partial charge in [0.25, 0.3) is 0 Å². The molecule has 110 valence electrons. The molecule has 5 heteroatoms. The number of aromatic nitrogens is 1. The van der Waals surface area contributed by atoms with Gasteiger partial charge in [0.2, 0.25) is 0 Å². The van der Waals surface area contributed by atoms with Crippen LogP contribution in [0.1, 0.15) is 24.3 Å².